The zero-order valence-corrected chi connectivity index (χ0v) is 20.9. The summed E-state index contributed by atoms with van der Waals surface area (Å²) in [4.78, 5) is 15.9. The van der Waals surface area contributed by atoms with Gasteiger partial charge in [-0.25, -0.2) is 0 Å². The van der Waals surface area contributed by atoms with Crippen LogP contribution >= 0.6 is 11.8 Å². The Bertz CT molecular complexity index is 1080. The highest BCUT2D eigenvalue weighted by Gasteiger charge is 2.22. The van der Waals surface area contributed by atoms with Crippen LogP contribution < -0.4 is 4.74 Å². The summed E-state index contributed by atoms with van der Waals surface area (Å²) in [5, 5.41) is 0.716. The minimum atomic E-state index is -0.126. The molecule has 4 nitrogen and oxygen atoms in total. The Balaban J connectivity index is 1.71. The first-order valence-corrected chi connectivity index (χ1v) is 11.7. The normalized spacial score (nSPS) is 12.5. The van der Waals surface area contributed by atoms with Crippen LogP contribution in [0.15, 0.2) is 69.0 Å². The van der Waals surface area contributed by atoms with E-state index in [-0.39, 0.29) is 17.4 Å². The molecule has 0 N–H and O–H groups in total. The van der Waals surface area contributed by atoms with Gasteiger partial charge < -0.3 is 14.1 Å². The number of aryl methyl sites for hydroxylation is 1. The van der Waals surface area contributed by atoms with E-state index in [0.29, 0.717) is 17.3 Å². The minimum Gasteiger partial charge on any atom is -0.496 e. The zero-order valence-electron chi connectivity index (χ0n) is 20.1. The van der Waals surface area contributed by atoms with E-state index in [1.807, 2.05) is 44.3 Å². The van der Waals surface area contributed by atoms with Crippen molar-refractivity contribution in [3.05, 3.63) is 77.0 Å². The van der Waals surface area contributed by atoms with E-state index in [1.54, 1.807) is 29.8 Å². The van der Waals surface area contributed by atoms with E-state index in [0.717, 1.165) is 16.2 Å². The van der Waals surface area contributed by atoms with Crippen molar-refractivity contribution in [2.24, 2.45) is 0 Å². The summed E-state index contributed by atoms with van der Waals surface area (Å²) in [6, 6.07) is 18.1. The maximum atomic E-state index is 13.0. The van der Waals surface area contributed by atoms with Crippen LogP contribution in [0.1, 0.15) is 54.9 Å². The monoisotopic (exact) mass is 451 g/mol. The molecule has 3 rings (SSSR count). The van der Waals surface area contributed by atoms with Crippen molar-refractivity contribution in [2.45, 2.75) is 62.5 Å². The van der Waals surface area contributed by atoms with Crippen LogP contribution in [-0.2, 0) is 11.8 Å². The Labute approximate surface area is 196 Å². The van der Waals surface area contributed by atoms with Gasteiger partial charge in [0.15, 0.2) is 10.9 Å². The summed E-state index contributed by atoms with van der Waals surface area (Å²) in [6.45, 7) is 10.7. The van der Waals surface area contributed by atoms with E-state index < -0.39 is 0 Å². The third kappa shape index (κ3) is 5.57. The number of furan rings is 1. The number of hydrogen-bond donors (Lipinski definition) is 0. The van der Waals surface area contributed by atoms with Gasteiger partial charge >= 0.3 is 0 Å². The number of carbonyl (C=O) groups is 1. The Hall–Kier alpha value is -2.66. The van der Waals surface area contributed by atoms with Crippen LogP contribution in [-0.4, -0.2) is 31.0 Å². The van der Waals surface area contributed by atoms with E-state index in [2.05, 4.69) is 45.9 Å². The number of likely N-dealkylation sites (N-methyl/N-ethyl adjacent to an activating group) is 1. The lowest BCUT2D eigenvalue weighted by Gasteiger charge is -2.24. The quantitative estimate of drug-likeness (QED) is 0.398. The molecule has 0 fully saturated rings. The average Bonchev–Trinajstić information content (AvgIpc) is 3.22. The molecule has 0 saturated carbocycles. The number of benzene rings is 2. The Kier molecular flexibility index (Phi) is 7.40. The van der Waals surface area contributed by atoms with Crippen molar-refractivity contribution < 1.29 is 13.9 Å². The fourth-order valence-corrected chi connectivity index (χ4v) is 4.37. The van der Waals surface area contributed by atoms with Gasteiger partial charge in [-0.3, -0.25) is 4.79 Å². The summed E-state index contributed by atoms with van der Waals surface area (Å²) in [5.74, 6) is 1.07. The lowest BCUT2D eigenvalue weighted by atomic mass is 9.87. The molecule has 0 saturated heterocycles. The standard InChI is InChI=1S/C27H33NO3S/c1-18-12-13-21(27(3,4)5)17-24(18)32-25-15-14-23(31-25)26(29)28(6)19(2)16-20-10-8-9-11-22(20)30-7/h8-15,17,19H,16H2,1-7H3. The number of para-hydroxylation sites is 1. The van der Waals surface area contributed by atoms with Crippen LogP contribution in [0.25, 0.3) is 0 Å². The number of methoxy groups -OCH3 is 1. The van der Waals surface area contributed by atoms with Crippen molar-refractivity contribution in [1.82, 2.24) is 4.90 Å². The number of ether oxygens (including phenoxy) is 1. The van der Waals surface area contributed by atoms with Gasteiger partial charge in [-0.1, -0.05) is 62.9 Å². The summed E-state index contributed by atoms with van der Waals surface area (Å²) >= 11 is 1.56. The molecular formula is C27H33NO3S. The summed E-state index contributed by atoms with van der Waals surface area (Å²) in [5.41, 5.74) is 3.62. The van der Waals surface area contributed by atoms with Gasteiger partial charge in [0.25, 0.3) is 5.91 Å². The third-order valence-corrected chi connectivity index (χ3v) is 6.83. The Morgan fingerprint density at radius 2 is 1.84 bits per heavy atom. The van der Waals surface area contributed by atoms with Gasteiger partial charge in [0, 0.05) is 18.0 Å². The third-order valence-electron chi connectivity index (χ3n) is 5.75. The molecule has 3 aromatic rings. The van der Waals surface area contributed by atoms with Crippen LogP contribution in [0.5, 0.6) is 5.75 Å². The fourth-order valence-electron chi connectivity index (χ4n) is 3.48. The molecule has 2 aromatic carbocycles. The molecule has 1 amide bonds. The first kappa shape index (κ1) is 24.0. The van der Waals surface area contributed by atoms with Crippen LogP contribution in [0.3, 0.4) is 0 Å². The van der Waals surface area contributed by atoms with Crippen molar-refractivity contribution in [1.29, 1.82) is 0 Å². The zero-order chi connectivity index (χ0) is 23.5. The van der Waals surface area contributed by atoms with Crippen molar-refractivity contribution >= 4 is 17.7 Å². The highest BCUT2D eigenvalue weighted by atomic mass is 32.2. The Morgan fingerprint density at radius 1 is 1.12 bits per heavy atom. The van der Waals surface area contributed by atoms with Gasteiger partial charge in [-0.2, -0.15) is 0 Å². The van der Waals surface area contributed by atoms with Gasteiger partial charge in [0.2, 0.25) is 0 Å². The SMILES string of the molecule is COc1ccccc1CC(C)N(C)C(=O)c1ccc(Sc2cc(C(C)(C)C)ccc2C)o1. The molecule has 170 valence electrons. The predicted molar refractivity (Wildman–Crippen MR) is 131 cm³/mol. The highest BCUT2D eigenvalue weighted by Crippen LogP contribution is 2.35. The minimum absolute atomic E-state index is 0.00860. The first-order chi connectivity index (χ1) is 15.1. The molecule has 5 heteroatoms. The summed E-state index contributed by atoms with van der Waals surface area (Å²) < 4.78 is 11.4. The van der Waals surface area contributed by atoms with Gasteiger partial charge in [0.05, 0.1) is 7.11 Å². The molecule has 0 radical (unpaired) electrons. The lowest BCUT2D eigenvalue weighted by Crippen LogP contribution is -2.36. The van der Waals surface area contributed by atoms with E-state index in [1.165, 1.54) is 11.1 Å². The highest BCUT2D eigenvalue weighted by molar-refractivity contribution is 7.99. The molecule has 0 aliphatic heterocycles. The molecule has 1 aromatic heterocycles. The molecule has 1 unspecified atom stereocenters. The van der Waals surface area contributed by atoms with Crippen LogP contribution in [0.2, 0.25) is 0 Å². The Morgan fingerprint density at radius 3 is 2.53 bits per heavy atom. The van der Waals surface area contributed by atoms with Gasteiger partial charge in [-0.15, -0.1) is 0 Å². The fraction of sp³-hybridized carbons (Fsp3) is 0.370. The molecule has 32 heavy (non-hydrogen) atoms. The van der Waals surface area contributed by atoms with E-state index in [4.69, 9.17) is 9.15 Å². The second-order valence-electron chi connectivity index (χ2n) is 9.23. The molecule has 0 spiro atoms. The number of nitrogens with zero attached hydrogens (tertiary/aromatic N) is 1. The van der Waals surface area contributed by atoms with Crippen LogP contribution in [0.4, 0.5) is 0 Å². The van der Waals surface area contributed by atoms with E-state index >= 15 is 0 Å². The van der Waals surface area contributed by atoms with Crippen molar-refractivity contribution in [2.75, 3.05) is 14.2 Å². The van der Waals surface area contributed by atoms with E-state index in [9.17, 15) is 4.79 Å². The number of amides is 1. The second kappa shape index (κ2) is 9.86. The van der Waals surface area contributed by atoms with Crippen LogP contribution in [0, 0.1) is 6.92 Å². The molecule has 0 aliphatic rings. The molecule has 0 aliphatic carbocycles. The average molecular weight is 452 g/mol. The summed E-state index contributed by atoms with van der Waals surface area (Å²) in [7, 11) is 3.48. The maximum absolute atomic E-state index is 13.0. The second-order valence-corrected chi connectivity index (χ2v) is 10.3. The van der Waals surface area contributed by atoms with Crippen molar-refractivity contribution in [3.8, 4) is 5.75 Å². The molecule has 1 heterocycles. The van der Waals surface area contributed by atoms with Gasteiger partial charge in [-0.05, 0) is 66.6 Å². The topological polar surface area (TPSA) is 42.7 Å². The van der Waals surface area contributed by atoms with Gasteiger partial charge in [0.1, 0.15) is 5.75 Å². The summed E-state index contributed by atoms with van der Waals surface area (Å²) in [6.07, 6.45) is 0.702. The predicted octanol–water partition coefficient (Wildman–Crippen LogP) is 6.75. The first-order valence-electron chi connectivity index (χ1n) is 10.9. The number of hydrogen-bond acceptors (Lipinski definition) is 4. The molecular weight excluding hydrogens is 418 g/mol. The van der Waals surface area contributed by atoms with Crippen molar-refractivity contribution in [3.63, 3.8) is 0 Å². The lowest BCUT2D eigenvalue weighted by molar-refractivity contribution is 0.0705. The molecule has 0 bridgehead atoms. The number of rotatable bonds is 7. The maximum Gasteiger partial charge on any atom is 0.289 e. The largest absolute Gasteiger partial charge is 0.496 e. The smallest absolute Gasteiger partial charge is 0.289 e. The number of carbonyl (C=O) groups excluding carboxylic acids is 1. The molecule has 1 atom stereocenters.